The number of aliphatic imine (C=N–C) groups is 1. The third-order valence-electron chi connectivity index (χ3n) is 2.14. The topological polar surface area (TPSA) is 21.6 Å². The molecule has 1 aliphatic rings. The first-order chi connectivity index (χ1) is 6.99. The highest BCUT2D eigenvalue weighted by atomic mass is 19.1. The fourth-order valence-electron chi connectivity index (χ4n) is 1.41. The van der Waals surface area contributed by atoms with E-state index in [9.17, 15) is 8.78 Å². The molecule has 0 aliphatic carbocycles. The summed E-state index contributed by atoms with van der Waals surface area (Å²) in [6, 6.07) is 3.69. The summed E-state index contributed by atoms with van der Waals surface area (Å²) in [7, 11) is 0. The molecule has 15 heavy (non-hydrogen) atoms. The molecule has 0 aromatic heterocycles. The Hall–Kier alpha value is -1.45. The van der Waals surface area contributed by atoms with Crippen LogP contribution in [0.1, 0.15) is 19.4 Å². The molecule has 1 aliphatic heterocycles. The number of nitrogens with zero attached hydrogens (tertiary/aromatic N) is 1. The largest absolute Gasteiger partial charge is 0.475 e. The fourth-order valence-corrected chi connectivity index (χ4v) is 1.41. The molecule has 0 unspecified atom stereocenters. The van der Waals surface area contributed by atoms with Gasteiger partial charge in [-0.25, -0.2) is 13.8 Å². The maximum atomic E-state index is 13.4. The van der Waals surface area contributed by atoms with Crippen LogP contribution in [0.15, 0.2) is 23.2 Å². The van der Waals surface area contributed by atoms with Gasteiger partial charge in [-0.1, -0.05) is 6.07 Å². The van der Waals surface area contributed by atoms with Gasteiger partial charge in [-0.15, -0.1) is 0 Å². The van der Waals surface area contributed by atoms with Gasteiger partial charge in [0.2, 0.25) is 5.90 Å². The van der Waals surface area contributed by atoms with E-state index in [1.54, 1.807) is 0 Å². The summed E-state index contributed by atoms with van der Waals surface area (Å²) in [6.07, 6.45) is 0. The molecule has 0 saturated heterocycles. The zero-order valence-corrected chi connectivity index (χ0v) is 8.55. The van der Waals surface area contributed by atoms with Gasteiger partial charge in [-0.3, -0.25) is 0 Å². The van der Waals surface area contributed by atoms with E-state index in [0.717, 1.165) is 0 Å². The summed E-state index contributed by atoms with van der Waals surface area (Å²) in [4.78, 5) is 4.13. The SMILES string of the molecule is CC1(C)COC(c2c(F)cccc2F)=N1. The molecular formula is C11H11F2NO. The van der Waals surface area contributed by atoms with Crippen LogP contribution >= 0.6 is 0 Å². The monoisotopic (exact) mass is 211 g/mol. The van der Waals surface area contributed by atoms with Crippen LogP contribution in [0.2, 0.25) is 0 Å². The second kappa shape index (κ2) is 3.29. The highest BCUT2D eigenvalue weighted by Crippen LogP contribution is 2.23. The molecule has 0 radical (unpaired) electrons. The fraction of sp³-hybridized carbons (Fsp3) is 0.364. The van der Waals surface area contributed by atoms with Gasteiger partial charge >= 0.3 is 0 Å². The van der Waals surface area contributed by atoms with Gasteiger partial charge in [-0.05, 0) is 26.0 Å². The predicted octanol–water partition coefficient (Wildman–Crippen LogP) is 2.52. The van der Waals surface area contributed by atoms with E-state index in [2.05, 4.69) is 4.99 Å². The quantitative estimate of drug-likeness (QED) is 0.699. The molecule has 1 aromatic rings. The Bertz CT molecular complexity index is 406. The average Bonchev–Trinajstić information content (AvgIpc) is 2.46. The van der Waals surface area contributed by atoms with Crippen LogP contribution in [0.3, 0.4) is 0 Å². The molecule has 0 fully saturated rings. The highest BCUT2D eigenvalue weighted by Gasteiger charge is 2.29. The van der Waals surface area contributed by atoms with Crippen LogP contribution in [0.5, 0.6) is 0 Å². The van der Waals surface area contributed by atoms with Gasteiger partial charge in [0.25, 0.3) is 0 Å². The van der Waals surface area contributed by atoms with Crippen molar-refractivity contribution in [2.24, 2.45) is 4.99 Å². The first-order valence-electron chi connectivity index (χ1n) is 4.67. The lowest BCUT2D eigenvalue weighted by Gasteiger charge is -2.07. The molecule has 2 nitrogen and oxygen atoms in total. The first kappa shape index (κ1) is 10.1. The van der Waals surface area contributed by atoms with Crippen molar-refractivity contribution >= 4 is 5.90 Å². The minimum Gasteiger partial charge on any atom is -0.475 e. The molecule has 1 aromatic carbocycles. The van der Waals surface area contributed by atoms with Crippen molar-refractivity contribution in [2.75, 3.05) is 6.61 Å². The summed E-state index contributed by atoms with van der Waals surface area (Å²) in [5, 5.41) is 0. The van der Waals surface area contributed by atoms with Crippen molar-refractivity contribution < 1.29 is 13.5 Å². The Morgan fingerprint density at radius 1 is 1.27 bits per heavy atom. The molecule has 4 heteroatoms. The van der Waals surface area contributed by atoms with E-state index < -0.39 is 17.2 Å². The number of ether oxygens (including phenoxy) is 1. The Morgan fingerprint density at radius 3 is 2.33 bits per heavy atom. The van der Waals surface area contributed by atoms with Crippen molar-refractivity contribution in [2.45, 2.75) is 19.4 Å². The Labute approximate surface area is 86.6 Å². The normalized spacial score (nSPS) is 18.5. The number of hydrogen-bond acceptors (Lipinski definition) is 2. The van der Waals surface area contributed by atoms with Crippen molar-refractivity contribution in [3.05, 3.63) is 35.4 Å². The summed E-state index contributed by atoms with van der Waals surface area (Å²) in [5.74, 6) is -1.24. The van der Waals surface area contributed by atoms with E-state index >= 15 is 0 Å². The summed E-state index contributed by atoms with van der Waals surface area (Å²) in [6.45, 7) is 4.04. The molecule has 0 amide bonds. The third-order valence-corrected chi connectivity index (χ3v) is 2.14. The number of rotatable bonds is 1. The van der Waals surface area contributed by atoms with E-state index in [-0.39, 0.29) is 11.5 Å². The molecule has 1 heterocycles. The summed E-state index contributed by atoms with van der Waals surface area (Å²) in [5.41, 5.74) is -0.590. The Balaban J connectivity index is 2.48. The van der Waals surface area contributed by atoms with Crippen LogP contribution in [-0.2, 0) is 4.74 Å². The van der Waals surface area contributed by atoms with E-state index in [0.29, 0.717) is 6.61 Å². The number of benzene rings is 1. The lowest BCUT2D eigenvalue weighted by Crippen LogP contribution is -2.17. The van der Waals surface area contributed by atoms with Gasteiger partial charge in [0.15, 0.2) is 0 Å². The Morgan fingerprint density at radius 2 is 1.87 bits per heavy atom. The summed E-state index contributed by atoms with van der Waals surface area (Å²) < 4.78 is 31.9. The molecule has 0 bridgehead atoms. The van der Waals surface area contributed by atoms with Gasteiger partial charge in [-0.2, -0.15) is 0 Å². The molecule has 2 rings (SSSR count). The van der Waals surface area contributed by atoms with Crippen LogP contribution in [0.25, 0.3) is 0 Å². The van der Waals surface area contributed by atoms with Crippen LogP contribution in [-0.4, -0.2) is 18.0 Å². The molecule has 0 atom stereocenters. The van der Waals surface area contributed by atoms with Crippen LogP contribution in [0, 0.1) is 11.6 Å². The third kappa shape index (κ3) is 1.84. The van der Waals surface area contributed by atoms with Crippen molar-refractivity contribution in [1.82, 2.24) is 0 Å². The zero-order valence-electron chi connectivity index (χ0n) is 8.55. The van der Waals surface area contributed by atoms with E-state index in [1.807, 2.05) is 13.8 Å². The van der Waals surface area contributed by atoms with E-state index in [1.165, 1.54) is 18.2 Å². The molecule has 80 valence electrons. The molecular weight excluding hydrogens is 200 g/mol. The zero-order chi connectivity index (χ0) is 11.1. The molecule has 0 spiro atoms. The van der Waals surface area contributed by atoms with Gasteiger partial charge in [0, 0.05) is 0 Å². The smallest absolute Gasteiger partial charge is 0.222 e. The lowest BCUT2D eigenvalue weighted by molar-refractivity contribution is 0.278. The van der Waals surface area contributed by atoms with Crippen LogP contribution < -0.4 is 0 Å². The lowest BCUT2D eigenvalue weighted by atomic mass is 10.1. The first-order valence-corrected chi connectivity index (χ1v) is 4.67. The molecule has 0 N–H and O–H groups in total. The second-order valence-electron chi connectivity index (χ2n) is 4.11. The Kier molecular flexibility index (Phi) is 2.21. The minimum atomic E-state index is -0.647. The maximum Gasteiger partial charge on any atom is 0.222 e. The van der Waals surface area contributed by atoms with Gasteiger partial charge in [0.05, 0.1) is 5.54 Å². The second-order valence-corrected chi connectivity index (χ2v) is 4.11. The van der Waals surface area contributed by atoms with Crippen molar-refractivity contribution in [1.29, 1.82) is 0 Å². The number of halogens is 2. The van der Waals surface area contributed by atoms with Crippen molar-refractivity contribution in [3.8, 4) is 0 Å². The van der Waals surface area contributed by atoms with Crippen LogP contribution in [0.4, 0.5) is 8.78 Å². The number of hydrogen-bond donors (Lipinski definition) is 0. The predicted molar refractivity (Wildman–Crippen MR) is 52.9 cm³/mol. The van der Waals surface area contributed by atoms with Gasteiger partial charge < -0.3 is 4.74 Å². The van der Waals surface area contributed by atoms with Gasteiger partial charge in [0.1, 0.15) is 23.8 Å². The average molecular weight is 211 g/mol. The van der Waals surface area contributed by atoms with E-state index in [4.69, 9.17) is 4.74 Å². The minimum absolute atomic E-state index is 0.0515. The maximum absolute atomic E-state index is 13.4. The standard InChI is InChI=1S/C11H11F2NO/c1-11(2)6-15-10(14-11)9-7(12)4-3-5-8(9)13/h3-5H,6H2,1-2H3. The highest BCUT2D eigenvalue weighted by molar-refractivity contribution is 5.95. The van der Waals surface area contributed by atoms with Crippen molar-refractivity contribution in [3.63, 3.8) is 0 Å². The molecule has 0 saturated carbocycles. The summed E-state index contributed by atoms with van der Waals surface area (Å²) >= 11 is 0.